The minimum Gasteiger partial charge on any atom is -0.289 e. The van der Waals surface area contributed by atoms with E-state index in [0.29, 0.717) is 5.56 Å². The largest absolute Gasteiger partial charge is 0.289 e. The van der Waals surface area contributed by atoms with E-state index in [9.17, 15) is 4.79 Å². The summed E-state index contributed by atoms with van der Waals surface area (Å²) in [6, 6.07) is 15.5. The molecule has 0 spiro atoms. The lowest BCUT2D eigenvalue weighted by Gasteiger charge is -1.98. The Morgan fingerprint density at radius 3 is 2.20 bits per heavy atom. The number of hydrogen-bond acceptors (Lipinski definition) is 2. The molecule has 0 amide bonds. The van der Waals surface area contributed by atoms with Gasteiger partial charge in [0.25, 0.3) is 0 Å². The third-order valence-electron chi connectivity index (χ3n) is 2.67. The molecular weight excluding hydrogens is 356 g/mol. The molecule has 0 saturated carbocycles. The molecule has 0 fully saturated rings. The smallest absolute Gasteiger partial charge is 0.185 e. The third-order valence-corrected chi connectivity index (χ3v) is 3.94. The molecule has 0 heterocycles. The van der Waals surface area contributed by atoms with Crippen LogP contribution >= 0.6 is 40.1 Å². The van der Waals surface area contributed by atoms with E-state index >= 15 is 0 Å². The molecule has 104 valence electrons. The molecule has 0 N–H and O–H groups in total. The zero-order valence-electron chi connectivity index (χ0n) is 10.9. The standard InChI is InChI=1S/C16H13BrOS.ClH/c1-19-15-9-5-13(6-10-15)16(18)11-4-12-2-7-14(17)8-3-12;/h2-11H,1H3;1H. The normalized spacial score (nSPS) is 10.3. The van der Waals surface area contributed by atoms with Gasteiger partial charge in [0.05, 0.1) is 0 Å². The Balaban J connectivity index is 0.00000200. The number of rotatable bonds is 4. The molecule has 0 aliphatic carbocycles. The van der Waals surface area contributed by atoms with Crippen LogP contribution in [0.4, 0.5) is 0 Å². The van der Waals surface area contributed by atoms with Gasteiger partial charge in [-0.1, -0.05) is 34.1 Å². The fourth-order valence-corrected chi connectivity index (χ4v) is 2.27. The lowest BCUT2D eigenvalue weighted by molar-refractivity contribution is 0.104. The van der Waals surface area contributed by atoms with Crippen molar-refractivity contribution < 1.29 is 4.79 Å². The van der Waals surface area contributed by atoms with Gasteiger partial charge in [-0.2, -0.15) is 0 Å². The SMILES string of the molecule is CSc1ccc(C(=O)C=Cc2ccc(Br)cc2)cc1.Cl. The maximum atomic E-state index is 12.0. The van der Waals surface area contributed by atoms with Crippen LogP contribution in [0, 0.1) is 0 Å². The summed E-state index contributed by atoms with van der Waals surface area (Å²) >= 11 is 5.05. The van der Waals surface area contributed by atoms with E-state index in [0.717, 1.165) is 14.9 Å². The Morgan fingerprint density at radius 1 is 1.05 bits per heavy atom. The number of carbonyl (C=O) groups is 1. The van der Waals surface area contributed by atoms with E-state index < -0.39 is 0 Å². The highest BCUT2D eigenvalue weighted by molar-refractivity contribution is 9.10. The zero-order valence-corrected chi connectivity index (χ0v) is 14.1. The molecule has 20 heavy (non-hydrogen) atoms. The fourth-order valence-electron chi connectivity index (χ4n) is 1.60. The van der Waals surface area contributed by atoms with E-state index in [-0.39, 0.29) is 18.2 Å². The Labute approximate surface area is 138 Å². The van der Waals surface area contributed by atoms with Gasteiger partial charge < -0.3 is 0 Å². The molecule has 0 aromatic heterocycles. The summed E-state index contributed by atoms with van der Waals surface area (Å²) in [5.41, 5.74) is 1.73. The highest BCUT2D eigenvalue weighted by Crippen LogP contribution is 2.16. The summed E-state index contributed by atoms with van der Waals surface area (Å²) < 4.78 is 1.03. The van der Waals surface area contributed by atoms with E-state index in [1.165, 1.54) is 0 Å². The van der Waals surface area contributed by atoms with E-state index in [1.54, 1.807) is 17.8 Å². The van der Waals surface area contributed by atoms with Gasteiger partial charge in [0.1, 0.15) is 0 Å². The number of hydrogen-bond donors (Lipinski definition) is 0. The molecule has 0 radical (unpaired) electrons. The number of allylic oxidation sites excluding steroid dienone is 1. The maximum absolute atomic E-state index is 12.0. The van der Waals surface area contributed by atoms with Gasteiger partial charge in [-0.25, -0.2) is 0 Å². The summed E-state index contributed by atoms with van der Waals surface area (Å²) in [6.07, 6.45) is 5.46. The third kappa shape index (κ3) is 4.82. The molecule has 2 rings (SSSR count). The summed E-state index contributed by atoms with van der Waals surface area (Å²) in [5, 5.41) is 0. The fraction of sp³-hybridized carbons (Fsp3) is 0.0625. The summed E-state index contributed by atoms with van der Waals surface area (Å²) in [7, 11) is 0. The number of thioether (sulfide) groups is 1. The molecule has 0 bridgehead atoms. The van der Waals surface area contributed by atoms with Crippen molar-refractivity contribution in [3.05, 3.63) is 70.2 Å². The molecule has 1 nitrogen and oxygen atoms in total. The van der Waals surface area contributed by atoms with Crippen LogP contribution in [0.2, 0.25) is 0 Å². The van der Waals surface area contributed by atoms with Crippen LogP contribution in [-0.4, -0.2) is 12.0 Å². The zero-order chi connectivity index (χ0) is 13.7. The van der Waals surface area contributed by atoms with Gasteiger partial charge in [-0.3, -0.25) is 4.79 Å². The number of carbonyl (C=O) groups excluding carboxylic acids is 1. The first-order chi connectivity index (χ1) is 9.19. The van der Waals surface area contributed by atoms with Crippen molar-refractivity contribution in [3.8, 4) is 0 Å². The predicted octanol–water partition coefficient (Wildman–Crippen LogP) is 5.49. The van der Waals surface area contributed by atoms with Crippen molar-refractivity contribution in [2.45, 2.75) is 4.90 Å². The van der Waals surface area contributed by atoms with Crippen molar-refractivity contribution in [3.63, 3.8) is 0 Å². The van der Waals surface area contributed by atoms with Gasteiger partial charge in [0.15, 0.2) is 5.78 Å². The average Bonchev–Trinajstić information content (AvgIpc) is 2.46. The van der Waals surface area contributed by atoms with Crippen molar-refractivity contribution >= 4 is 52.0 Å². The topological polar surface area (TPSA) is 17.1 Å². The first-order valence-electron chi connectivity index (χ1n) is 5.81. The van der Waals surface area contributed by atoms with Crippen LogP contribution in [0.25, 0.3) is 6.08 Å². The summed E-state index contributed by atoms with van der Waals surface area (Å²) in [6.45, 7) is 0. The second-order valence-corrected chi connectivity index (χ2v) is 5.77. The van der Waals surface area contributed by atoms with Crippen LogP contribution in [0.1, 0.15) is 15.9 Å². The molecule has 0 unspecified atom stereocenters. The second kappa shape index (κ2) is 8.30. The van der Waals surface area contributed by atoms with Gasteiger partial charge in [-0.05, 0) is 54.3 Å². The van der Waals surface area contributed by atoms with Crippen molar-refractivity contribution in [2.75, 3.05) is 6.26 Å². The molecule has 4 heteroatoms. The molecule has 0 aliphatic heterocycles. The van der Waals surface area contributed by atoms with E-state index in [4.69, 9.17) is 0 Å². The van der Waals surface area contributed by atoms with Crippen LogP contribution in [0.3, 0.4) is 0 Å². The Morgan fingerprint density at radius 2 is 1.65 bits per heavy atom. The number of halogens is 2. The van der Waals surface area contributed by atoms with Gasteiger partial charge in [-0.15, -0.1) is 24.2 Å². The van der Waals surface area contributed by atoms with Crippen LogP contribution in [0.5, 0.6) is 0 Å². The van der Waals surface area contributed by atoms with Crippen LogP contribution in [-0.2, 0) is 0 Å². The summed E-state index contributed by atoms with van der Waals surface area (Å²) in [5.74, 6) is 0.0237. The number of ketones is 1. The highest BCUT2D eigenvalue weighted by Gasteiger charge is 2.01. The van der Waals surface area contributed by atoms with E-state index in [1.807, 2.05) is 60.9 Å². The van der Waals surface area contributed by atoms with Gasteiger partial charge in [0, 0.05) is 14.9 Å². The molecule has 2 aromatic rings. The van der Waals surface area contributed by atoms with Gasteiger partial charge >= 0.3 is 0 Å². The minimum absolute atomic E-state index is 0. The summed E-state index contributed by atoms with van der Waals surface area (Å²) in [4.78, 5) is 13.1. The molecule has 0 aliphatic rings. The molecular formula is C16H14BrClOS. The Bertz CT molecular complexity index is 591. The molecule has 0 saturated heterocycles. The monoisotopic (exact) mass is 368 g/mol. The number of benzene rings is 2. The van der Waals surface area contributed by atoms with Gasteiger partial charge in [0.2, 0.25) is 0 Å². The maximum Gasteiger partial charge on any atom is 0.185 e. The average molecular weight is 370 g/mol. The Hall–Kier alpha value is -1.03. The quantitative estimate of drug-likeness (QED) is 0.403. The minimum atomic E-state index is 0. The Kier molecular flexibility index (Phi) is 7.06. The second-order valence-electron chi connectivity index (χ2n) is 3.98. The lowest BCUT2D eigenvalue weighted by Crippen LogP contribution is -1.93. The molecule has 0 atom stereocenters. The first kappa shape index (κ1) is 17.0. The van der Waals surface area contributed by atoms with E-state index in [2.05, 4.69) is 15.9 Å². The van der Waals surface area contributed by atoms with Crippen LogP contribution in [0.15, 0.2) is 64.0 Å². The van der Waals surface area contributed by atoms with Crippen LogP contribution < -0.4 is 0 Å². The highest BCUT2D eigenvalue weighted by atomic mass is 79.9. The first-order valence-corrected chi connectivity index (χ1v) is 7.83. The lowest BCUT2D eigenvalue weighted by atomic mass is 10.1. The van der Waals surface area contributed by atoms with Crippen molar-refractivity contribution in [1.82, 2.24) is 0 Å². The van der Waals surface area contributed by atoms with Crippen molar-refractivity contribution in [2.24, 2.45) is 0 Å². The van der Waals surface area contributed by atoms with Crippen molar-refractivity contribution in [1.29, 1.82) is 0 Å². The molecule has 2 aromatic carbocycles. The predicted molar refractivity (Wildman–Crippen MR) is 93.0 cm³/mol.